The highest BCUT2D eigenvalue weighted by molar-refractivity contribution is 6.46. The number of aliphatic hydroxyl groups is 1. The molecule has 1 aromatic heterocycles. The van der Waals surface area contributed by atoms with Gasteiger partial charge in [-0.25, -0.2) is 9.78 Å². The van der Waals surface area contributed by atoms with Crippen LogP contribution in [0.15, 0.2) is 36.5 Å². The number of hydrogen-bond donors (Lipinski definition) is 2. The number of pyridine rings is 1. The van der Waals surface area contributed by atoms with E-state index in [4.69, 9.17) is 14.5 Å². The van der Waals surface area contributed by atoms with E-state index in [9.17, 15) is 9.90 Å². The lowest BCUT2D eigenvalue weighted by atomic mass is 9.84. The Bertz CT molecular complexity index is 673. The third kappa shape index (κ3) is 4.54. The Balaban J connectivity index is 2.10. The van der Waals surface area contributed by atoms with Crippen molar-refractivity contribution in [3.63, 3.8) is 0 Å². The molecule has 0 aliphatic carbocycles. The molecule has 0 spiro atoms. The molecular weight excluding hydrogens is 297 g/mol. The number of carbonyl (C=O) groups excluding carboxylic acids is 1. The Morgan fingerprint density at radius 3 is 2.65 bits per heavy atom. The van der Waals surface area contributed by atoms with Crippen LogP contribution in [-0.2, 0) is 11.3 Å². The second-order valence-corrected chi connectivity index (χ2v) is 5.09. The first kappa shape index (κ1) is 17.0. The normalized spacial score (nSPS) is 10.5. The zero-order valence-electron chi connectivity index (χ0n) is 12.9. The average molecular weight is 314 g/mol. The van der Waals surface area contributed by atoms with Gasteiger partial charge >= 0.3 is 13.5 Å². The van der Waals surface area contributed by atoms with Gasteiger partial charge in [0.05, 0.1) is 18.3 Å². The minimum atomic E-state index is -0.440. The number of hydrogen-bond acceptors (Lipinski definition) is 6. The summed E-state index contributed by atoms with van der Waals surface area (Å²) in [6, 6.07) is 7.99. The molecule has 0 atom stereocenters. The van der Waals surface area contributed by atoms with E-state index in [0.717, 1.165) is 7.48 Å². The van der Waals surface area contributed by atoms with Gasteiger partial charge in [0, 0.05) is 12.3 Å². The van der Waals surface area contributed by atoms with E-state index < -0.39 is 5.97 Å². The van der Waals surface area contributed by atoms with Gasteiger partial charge in [-0.3, -0.25) is 0 Å². The lowest BCUT2D eigenvalue weighted by molar-refractivity contribution is 0.0377. The molecule has 1 heterocycles. The highest BCUT2D eigenvalue weighted by Gasteiger charge is 2.10. The first-order valence-electron chi connectivity index (χ1n) is 7.09. The molecule has 2 aromatic rings. The van der Waals surface area contributed by atoms with Crippen LogP contribution >= 0.6 is 0 Å². The van der Waals surface area contributed by atoms with Crippen molar-refractivity contribution < 1.29 is 24.4 Å². The molecule has 0 fully saturated rings. The third-order valence-corrected chi connectivity index (χ3v) is 2.96. The molecule has 7 heteroatoms. The molecule has 0 aliphatic heterocycles. The van der Waals surface area contributed by atoms with Crippen molar-refractivity contribution in [2.45, 2.75) is 26.6 Å². The number of rotatable bonds is 6. The Hall–Kier alpha value is -2.38. The van der Waals surface area contributed by atoms with Crippen LogP contribution in [-0.4, -0.2) is 34.7 Å². The van der Waals surface area contributed by atoms with Crippen LogP contribution in [0.2, 0.25) is 0 Å². The molecule has 6 nitrogen and oxygen atoms in total. The topological polar surface area (TPSA) is 88.9 Å². The molecule has 1 radical (unpaired) electrons. The van der Waals surface area contributed by atoms with Gasteiger partial charge in [0.2, 0.25) is 5.88 Å². The number of benzene rings is 1. The average Bonchev–Trinajstić information content (AvgIpc) is 2.54. The van der Waals surface area contributed by atoms with E-state index in [0.29, 0.717) is 28.2 Å². The van der Waals surface area contributed by atoms with Crippen LogP contribution in [0.25, 0.3) is 0 Å². The van der Waals surface area contributed by atoms with Gasteiger partial charge in [0.25, 0.3) is 0 Å². The van der Waals surface area contributed by atoms with Crippen molar-refractivity contribution in [1.29, 1.82) is 0 Å². The fourth-order valence-corrected chi connectivity index (χ4v) is 1.87. The van der Waals surface area contributed by atoms with E-state index in [1.165, 1.54) is 6.20 Å². The Kier molecular flexibility index (Phi) is 5.73. The van der Waals surface area contributed by atoms with Gasteiger partial charge in [-0.05, 0) is 43.1 Å². The molecule has 0 bridgehead atoms. The Labute approximate surface area is 135 Å². The van der Waals surface area contributed by atoms with Crippen molar-refractivity contribution in [3.8, 4) is 11.6 Å². The molecular formula is C16H17BNO5. The number of esters is 1. The standard InChI is InChI=1S/C16H17BNO5/c1-10(2)22-16(20)11-3-6-15(18-8-11)23-13-4-5-14(17-21)12(7-13)9-19/h3-8,10,19,21H,9H2,1-2H3. The van der Waals surface area contributed by atoms with Gasteiger partial charge in [-0.1, -0.05) is 6.07 Å². The van der Waals surface area contributed by atoms with E-state index in [1.807, 2.05) is 0 Å². The van der Waals surface area contributed by atoms with Gasteiger partial charge < -0.3 is 19.6 Å². The first-order valence-corrected chi connectivity index (χ1v) is 7.09. The number of aromatic nitrogens is 1. The highest BCUT2D eigenvalue weighted by atomic mass is 16.5. The van der Waals surface area contributed by atoms with Gasteiger partial charge in [0.1, 0.15) is 5.75 Å². The summed E-state index contributed by atoms with van der Waals surface area (Å²) in [5.74, 6) is 0.324. The van der Waals surface area contributed by atoms with Crippen LogP contribution in [0.4, 0.5) is 0 Å². The number of carbonyl (C=O) groups is 1. The van der Waals surface area contributed by atoms with Crippen LogP contribution in [0.1, 0.15) is 29.8 Å². The molecule has 0 unspecified atom stereocenters. The van der Waals surface area contributed by atoms with E-state index in [-0.39, 0.29) is 12.7 Å². The largest absolute Gasteiger partial charge is 0.459 e. The van der Waals surface area contributed by atoms with Crippen molar-refractivity contribution >= 4 is 18.9 Å². The van der Waals surface area contributed by atoms with Gasteiger partial charge in [0.15, 0.2) is 0 Å². The van der Waals surface area contributed by atoms with E-state index in [2.05, 4.69) is 4.98 Å². The molecule has 0 saturated carbocycles. The maximum absolute atomic E-state index is 11.7. The number of aliphatic hydroxyl groups excluding tert-OH is 1. The zero-order chi connectivity index (χ0) is 16.8. The quantitative estimate of drug-likeness (QED) is 0.614. The molecule has 0 saturated heterocycles. The predicted octanol–water partition coefficient (Wildman–Crippen LogP) is 1.17. The summed E-state index contributed by atoms with van der Waals surface area (Å²) in [6.45, 7) is 3.32. The number of ether oxygens (including phenoxy) is 2. The van der Waals surface area contributed by atoms with Crippen molar-refractivity contribution in [3.05, 3.63) is 47.7 Å². The Morgan fingerprint density at radius 2 is 2.09 bits per heavy atom. The van der Waals surface area contributed by atoms with Crippen LogP contribution in [0.3, 0.4) is 0 Å². The van der Waals surface area contributed by atoms with Gasteiger partial charge in [-0.2, -0.15) is 0 Å². The van der Waals surface area contributed by atoms with Crippen LogP contribution < -0.4 is 10.2 Å². The smallest absolute Gasteiger partial charge is 0.339 e. The minimum Gasteiger partial charge on any atom is -0.459 e. The fraction of sp³-hybridized carbons (Fsp3) is 0.250. The molecule has 0 aliphatic rings. The lowest BCUT2D eigenvalue weighted by Gasteiger charge is -2.10. The second-order valence-electron chi connectivity index (χ2n) is 5.09. The number of nitrogens with zero attached hydrogens (tertiary/aromatic N) is 1. The Morgan fingerprint density at radius 1 is 1.30 bits per heavy atom. The van der Waals surface area contributed by atoms with Crippen molar-refractivity contribution in [1.82, 2.24) is 4.98 Å². The first-order chi connectivity index (χ1) is 11.0. The third-order valence-electron chi connectivity index (χ3n) is 2.96. The molecule has 2 rings (SSSR count). The van der Waals surface area contributed by atoms with Crippen LogP contribution in [0, 0.1) is 0 Å². The van der Waals surface area contributed by atoms with Crippen molar-refractivity contribution in [2.24, 2.45) is 0 Å². The summed E-state index contributed by atoms with van der Waals surface area (Å²) >= 11 is 0. The molecule has 23 heavy (non-hydrogen) atoms. The second kappa shape index (κ2) is 7.76. The van der Waals surface area contributed by atoms with E-state index >= 15 is 0 Å². The zero-order valence-corrected chi connectivity index (χ0v) is 12.9. The summed E-state index contributed by atoms with van der Waals surface area (Å²) in [7, 11) is 0.919. The monoisotopic (exact) mass is 314 g/mol. The molecule has 2 N–H and O–H groups in total. The summed E-state index contributed by atoms with van der Waals surface area (Å²) in [5.41, 5.74) is 1.38. The highest BCUT2D eigenvalue weighted by Crippen LogP contribution is 2.20. The molecule has 1 aromatic carbocycles. The summed E-state index contributed by atoms with van der Waals surface area (Å²) in [4.78, 5) is 15.8. The SMILES string of the molecule is CC(C)OC(=O)c1ccc(Oc2ccc([B]O)c(CO)c2)nc1. The summed E-state index contributed by atoms with van der Waals surface area (Å²) in [5, 5.41) is 18.3. The fourth-order valence-electron chi connectivity index (χ4n) is 1.87. The summed E-state index contributed by atoms with van der Waals surface area (Å²) in [6.07, 6.45) is 1.18. The van der Waals surface area contributed by atoms with Gasteiger partial charge in [-0.15, -0.1) is 0 Å². The van der Waals surface area contributed by atoms with Crippen LogP contribution in [0.5, 0.6) is 11.6 Å². The maximum Gasteiger partial charge on any atom is 0.339 e. The minimum absolute atomic E-state index is 0.197. The lowest BCUT2D eigenvalue weighted by Crippen LogP contribution is -2.18. The molecule has 119 valence electrons. The van der Waals surface area contributed by atoms with Crippen molar-refractivity contribution in [2.75, 3.05) is 0 Å². The maximum atomic E-state index is 11.7. The predicted molar refractivity (Wildman–Crippen MR) is 84.8 cm³/mol. The van der Waals surface area contributed by atoms with E-state index in [1.54, 1.807) is 44.2 Å². The molecule has 0 amide bonds. The summed E-state index contributed by atoms with van der Waals surface area (Å²) < 4.78 is 10.6.